The molecule has 6 aliphatic carbocycles. The van der Waals surface area contributed by atoms with Crippen LogP contribution in [0.4, 0.5) is 17.6 Å². The molecule has 4 saturated heterocycles. The van der Waals surface area contributed by atoms with E-state index in [0.717, 1.165) is 212 Å². The molecular weight excluding hydrogens is 2070 g/mol. The van der Waals surface area contributed by atoms with Crippen molar-refractivity contribution in [2.45, 2.75) is 221 Å². The summed E-state index contributed by atoms with van der Waals surface area (Å²) in [6.45, 7) is 18.1. The van der Waals surface area contributed by atoms with E-state index in [0.29, 0.717) is 138 Å². The number of carboxylic acid groups (broad SMARTS) is 1. The number of nitrogens with one attached hydrogen (secondary N) is 2. The molecule has 776 valence electrons. The molecule has 18 rings (SSSR count). The van der Waals surface area contributed by atoms with Crippen molar-refractivity contribution in [3.63, 3.8) is 0 Å². The number of hydrogen-bond acceptors (Lipinski definition) is 19. The fourth-order valence-electron chi connectivity index (χ4n) is 17.8. The Labute approximate surface area is 894 Å². The second kappa shape index (κ2) is 54.2. The van der Waals surface area contributed by atoms with Crippen molar-refractivity contribution in [1.82, 2.24) is 24.7 Å². The first-order chi connectivity index (χ1) is 66.6. The third-order valence-electron chi connectivity index (χ3n) is 27.3. The molecule has 4 atom stereocenters. The average molecular weight is 2190 g/mol. The van der Waals surface area contributed by atoms with Crippen LogP contribution in [0, 0.1) is 46.9 Å². The van der Waals surface area contributed by atoms with E-state index in [9.17, 15) is 58.7 Å². The van der Waals surface area contributed by atoms with Crippen molar-refractivity contribution in [3.05, 3.63) is 252 Å². The van der Waals surface area contributed by atoms with Crippen molar-refractivity contribution in [2.24, 2.45) is 28.8 Å². The number of nitrogens with two attached hydrogens (primary N) is 1. The zero-order chi connectivity index (χ0) is 101. The molecule has 1 unspecified atom stereocenters. The second-order valence-corrected chi connectivity index (χ2v) is 46.1. The van der Waals surface area contributed by atoms with E-state index in [1.54, 1.807) is 36.4 Å². The van der Waals surface area contributed by atoms with Gasteiger partial charge in [0.05, 0.1) is 78.8 Å². The zero-order valence-electron chi connectivity index (χ0n) is 80.5. The van der Waals surface area contributed by atoms with E-state index >= 15 is 0 Å². The molecule has 38 heteroatoms. The number of likely N-dealkylation sites (tertiary alicyclic amines) is 3. The molecule has 10 aliphatic rings. The number of methoxy groups -OCH3 is 2. The molecule has 8 aromatic rings. The van der Waals surface area contributed by atoms with Crippen LogP contribution >= 0.6 is 104 Å². The third kappa shape index (κ3) is 35.0. The maximum absolute atomic E-state index is 14.9. The second-order valence-electron chi connectivity index (χ2n) is 38.2. The third-order valence-corrected chi connectivity index (χ3v) is 32.6. The molecule has 143 heavy (non-hydrogen) atoms. The average Bonchev–Trinajstić information content (AvgIpc) is 1.61. The maximum Gasteiger partial charge on any atom is 1.00 e. The van der Waals surface area contributed by atoms with Gasteiger partial charge in [-0.3, -0.25) is 19.5 Å². The summed E-state index contributed by atoms with van der Waals surface area (Å²) >= 11 is 54.3. The van der Waals surface area contributed by atoms with Gasteiger partial charge in [-0.25, -0.2) is 58.6 Å². The van der Waals surface area contributed by atoms with Crippen molar-refractivity contribution < 1.29 is 111 Å². The SMILES string of the molecule is C.CC(Cl)c1cc(Cl)cc(Cl)c1.COC(=O)c1cc(C2CC2)c(OCC2CCN([C@H](C)c3cc(Cl)cc(Cl)c3)CC2)cc1F.COC(=O)c1cc(C2CC2)c(OCC2CCNCC2)cc1F.C[C@H](c1cc(Cl)cc(Cl)c1)N1CCC(COc2cc(F)c(C(=O)NS(=O)(=O)C3CC3)cc2C2CC2)CC1.C[C@H](c1cc(Cl)cc(Cl)c1)N1CCC(COc2cc(F)c(C(=O)O)cc2C2CC2)CC1.NS(=O)(=O)C1CC1.[Li+].[OH-]. The summed E-state index contributed by atoms with van der Waals surface area (Å²) in [4.78, 5) is 54.5. The van der Waals surface area contributed by atoms with Gasteiger partial charge in [0.2, 0.25) is 20.0 Å². The molecule has 1 amide bonds. The summed E-state index contributed by atoms with van der Waals surface area (Å²) in [7, 11) is -4.36. The number of ether oxygens (including phenoxy) is 6. The van der Waals surface area contributed by atoms with Crippen LogP contribution in [0.1, 0.15) is 297 Å². The van der Waals surface area contributed by atoms with Crippen LogP contribution in [-0.4, -0.2) is 169 Å². The number of piperidine rings is 4. The normalized spacial score (nSPS) is 18.4. The number of aromatic carboxylic acids is 1. The minimum atomic E-state index is -3.75. The van der Waals surface area contributed by atoms with E-state index in [-0.39, 0.29) is 94.6 Å². The first kappa shape index (κ1) is 118. The van der Waals surface area contributed by atoms with Crippen LogP contribution < -0.4 is 53.0 Å². The molecule has 0 aromatic heterocycles. The number of carbonyl (C=O) groups excluding carboxylic acids is 3. The Bertz CT molecular complexity index is 5860. The number of amides is 1. The number of carbonyl (C=O) groups is 4. The van der Waals surface area contributed by atoms with E-state index in [1.165, 1.54) is 50.6 Å². The Balaban J connectivity index is 0.000000185. The molecule has 8 aromatic carbocycles. The van der Waals surface area contributed by atoms with Crippen LogP contribution in [0.3, 0.4) is 0 Å². The Kier molecular flexibility index (Phi) is 44.9. The number of halogens is 13. The van der Waals surface area contributed by atoms with Gasteiger partial charge in [-0.2, -0.15) is 0 Å². The summed E-state index contributed by atoms with van der Waals surface area (Å²) < 4.78 is 138. The summed E-state index contributed by atoms with van der Waals surface area (Å²) in [6.07, 6.45) is 18.6. The quantitative estimate of drug-likeness (QED) is 0.0141. The molecule has 6 saturated carbocycles. The predicted octanol–water partition coefficient (Wildman–Crippen LogP) is 23.4. The fraction of sp³-hybridized carbons (Fsp3) is 0.505. The van der Waals surface area contributed by atoms with Gasteiger partial charge in [-0.15, -0.1) is 11.6 Å². The van der Waals surface area contributed by atoms with Gasteiger partial charge in [-0.1, -0.05) is 100 Å². The molecule has 4 heterocycles. The maximum atomic E-state index is 14.9. The smallest absolute Gasteiger partial charge is 0.870 e. The molecular formula is C105H126Cl9F4LiN6O16S2. The van der Waals surface area contributed by atoms with Gasteiger partial charge >= 0.3 is 36.8 Å². The first-order valence-electron chi connectivity index (χ1n) is 47.9. The zero-order valence-corrected chi connectivity index (χ0v) is 89.0. The van der Waals surface area contributed by atoms with Crippen LogP contribution in [-0.2, 0) is 29.5 Å². The number of alkyl halides is 1. The number of nitrogens with zero attached hydrogens (tertiary/aromatic N) is 3. The van der Waals surface area contributed by atoms with Gasteiger partial charge in [0, 0.05) is 82.6 Å². The molecule has 6 N–H and O–H groups in total. The van der Waals surface area contributed by atoms with Gasteiger partial charge in [-0.05, 0) is 397 Å². The molecule has 0 bridgehead atoms. The Morgan fingerprint density at radius 1 is 0.392 bits per heavy atom. The number of rotatable bonds is 30. The standard InChI is InChI=1S/C27H31Cl2FN2O4S.C25H28Cl2FNO3.C24H26Cl2FNO3.C17H22FNO3.C8H7Cl3.C3H7NO2S.CH4.Li.H2O/c1-16(19-10-20(28)12-21(29)11-19)32-8-6-17(7-9-32)15-36-26-14-25(30)24(13-23(26)18-2-3-18)27(33)31-37(34,35)22-4-5-22;1-15(18-9-19(26)11-20(27)10-18)29-7-5-16(6-8-29)14-32-24-13-23(28)22(25(30)31-2)12-21(24)17-3-4-17;1-14(17-8-18(25)10-19(26)9-17)28-6-4-15(5-7-28)13-31-23-12-22(27)21(24(29)30)11-20(23)16-2-3-16;1-21-17(20)14-8-13(12-2-3-12)16(9-15(14)18)22-10-11-4-6-19-7-5-11;1-5(9)6-2-7(10)4-8(11)3-6;4-7(5,6)3-1-2-3;;;/h10-14,16-18,22H,2-9,15H2,1H3,(H,31,33);9-13,15-17H,3-8,14H2,1-2H3;8-12,14-16H,2-7,13H2,1H3,(H,29,30);8-9,11-12,19H,2-7,10H2,1H3;2-5H,1H3;3H,1-2H2,(H2,4,5,6);1H4;;1H2/q;;;;;;;+1;/p-1/t16-;15-;14-;;;;;;/m111....../s1. The fourth-order valence-corrected chi connectivity index (χ4v) is 22.2. The molecule has 0 spiro atoms. The summed E-state index contributed by atoms with van der Waals surface area (Å²) in [5.41, 5.74) is 7.16. The van der Waals surface area contributed by atoms with Crippen molar-refractivity contribution >= 4 is 148 Å². The van der Waals surface area contributed by atoms with Crippen LogP contribution in [0.25, 0.3) is 0 Å². The topological polar surface area (TPSA) is 302 Å². The number of benzene rings is 8. The summed E-state index contributed by atoms with van der Waals surface area (Å²) in [6, 6.07) is 34.3. The van der Waals surface area contributed by atoms with Crippen LogP contribution in [0.2, 0.25) is 40.2 Å². The molecule has 4 aliphatic heterocycles. The Morgan fingerprint density at radius 3 is 0.888 bits per heavy atom. The Hall–Kier alpha value is -6.57. The molecule has 10 fully saturated rings. The minimum Gasteiger partial charge on any atom is -0.870 e. The van der Waals surface area contributed by atoms with Gasteiger partial charge in [0.15, 0.2) is 0 Å². The number of esters is 2. The van der Waals surface area contributed by atoms with Crippen LogP contribution in [0.5, 0.6) is 23.0 Å². The first-order valence-corrected chi connectivity index (χ1v) is 54.5. The Morgan fingerprint density at radius 2 is 0.643 bits per heavy atom. The molecule has 0 radical (unpaired) electrons. The number of carboxylic acids is 1. The minimum absolute atomic E-state index is 0. The van der Waals surface area contributed by atoms with Gasteiger partial charge in [0.25, 0.3) is 5.91 Å². The summed E-state index contributed by atoms with van der Waals surface area (Å²) in [5.74, 6) is -1.23. The summed E-state index contributed by atoms with van der Waals surface area (Å²) in [5, 5.41) is 21.5. The number of primary sulfonamides is 1. The number of hydrogen-bond donors (Lipinski definition) is 4. The van der Waals surface area contributed by atoms with E-state index < -0.39 is 72.4 Å². The monoisotopic (exact) mass is 2190 g/mol. The van der Waals surface area contributed by atoms with Gasteiger partial charge in [0.1, 0.15) is 46.3 Å². The van der Waals surface area contributed by atoms with Gasteiger partial charge < -0.3 is 44.3 Å². The van der Waals surface area contributed by atoms with Crippen molar-refractivity contribution in [1.29, 1.82) is 0 Å². The predicted molar refractivity (Wildman–Crippen MR) is 553 cm³/mol. The van der Waals surface area contributed by atoms with E-state index in [2.05, 4.69) is 45.5 Å². The largest absolute Gasteiger partial charge is 1.00 e. The number of sulfonamides is 2. The van der Waals surface area contributed by atoms with Crippen LogP contribution in [0.15, 0.2) is 121 Å². The van der Waals surface area contributed by atoms with E-state index in [1.807, 2.05) is 60.2 Å². The van der Waals surface area contributed by atoms with Crippen molar-refractivity contribution in [2.75, 3.05) is 93.0 Å². The van der Waals surface area contributed by atoms with Crippen molar-refractivity contribution in [3.8, 4) is 23.0 Å². The molecule has 22 nitrogen and oxygen atoms in total. The van der Waals surface area contributed by atoms with E-state index in [4.69, 9.17) is 133 Å².